The monoisotopic (exact) mass is 458 g/mol. The first-order valence-electron chi connectivity index (χ1n) is 11.9. The molecule has 0 aromatic heterocycles. The maximum absolute atomic E-state index is 13.5. The molecule has 3 aliphatic heterocycles. The summed E-state index contributed by atoms with van der Waals surface area (Å²) in [6.07, 6.45) is 2.16. The standard InChI is InChI=1S/C25H34N2O6/c1-6-23-10-7-12-27-13-11-24(19(23)27)17-9-8-16(31-4)14-18(17)26(3)20(24)25(30,22(29)32-5)21(23)33-15(2)28/h8-9,14,19-21,30H,6-7,10-13H2,1-5H3/t19-,20-,21+,23+,24+,25-/m0/s1. The van der Waals surface area contributed by atoms with Crippen molar-refractivity contribution >= 4 is 17.6 Å². The van der Waals surface area contributed by atoms with Crippen LogP contribution < -0.4 is 9.64 Å². The Balaban J connectivity index is 1.84. The molecule has 1 aromatic rings. The Labute approximate surface area is 194 Å². The highest BCUT2D eigenvalue weighted by Gasteiger charge is 2.80. The van der Waals surface area contributed by atoms with Crippen LogP contribution in [0.3, 0.4) is 0 Å². The Bertz CT molecular complexity index is 999. The Morgan fingerprint density at radius 3 is 2.58 bits per heavy atom. The molecule has 1 aromatic carbocycles. The highest BCUT2D eigenvalue weighted by Crippen LogP contribution is 2.68. The lowest BCUT2D eigenvalue weighted by Gasteiger charge is -2.65. The molecular weight excluding hydrogens is 424 g/mol. The van der Waals surface area contributed by atoms with Gasteiger partial charge in [-0.1, -0.05) is 13.0 Å². The SMILES string of the molecule is CC[C@]12CCCN3CC[C@@]4(c5ccc(OC)cc5N(C)[C@@H]4[C@@](O)(C(=O)OC)[C@@H]1OC(C)=O)[C@@H]32. The summed E-state index contributed by atoms with van der Waals surface area (Å²) in [7, 11) is 4.82. The number of carbonyl (C=O) groups excluding carboxylic acids is 2. The lowest BCUT2D eigenvalue weighted by molar-refractivity contribution is -0.242. The van der Waals surface area contributed by atoms with E-state index < -0.39 is 40.5 Å². The van der Waals surface area contributed by atoms with Crippen molar-refractivity contribution in [2.45, 2.75) is 68.7 Å². The predicted octanol–water partition coefficient (Wildman–Crippen LogP) is 1.87. The first-order valence-corrected chi connectivity index (χ1v) is 11.9. The normalized spacial score (nSPS) is 38.8. The van der Waals surface area contributed by atoms with Gasteiger partial charge in [-0.15, -0.1) is 0 Å². The topological polar surface area (TPSA) is 88.5 Å². The lowest BCUT2D eigenvalue weighted by Crippen LogP contribution is -2.82. The third kappa shape index (κ3) is 2.54. The summed E-state index contributed by atoms with van der Waals surface area (Å²) in [6, 6.07) is 5.41. The number of methoxy groups -OCH3 is 2. The fourth-order valence-electron chi connectivity index (χ4n) is 8.16. The molecule has 180 valence electrons. The molecule has 6 atom stereocenters. The van der Waals surface area contributed by atoms with Crippen LogP contribution in [0.25, 0.3) is 0 Å². The second-order valence-electron chi connectivity index (χ2n) is 10.1. The Kier molecular flexibility index (Phi) is 5.00. The van der Waals surface area contributed by atoms with E-state index in [0.717, 1.165) is 43.6 Å². The quantitative estimate of drug-likeness (QED) is 0.684. The van der Waals surface area contributed by atoms with Crippen LogP contribution >= 0.6 is 0 Å². The maximum atomic E-state index is 13.5. The molecule has 5 rings (SSSR count). The third-order valence-electron chi connectivity index (χ3n) is 9.05. The summed E-state index contributed by atoms with van der Waals surface area (Å²) in [5.74, 6) is -0.535. The Hall–Kier alpha value is -2.32. The molecule has 3 fully saturated rings. The molecule has 4 aliphatic rings. The predicted molar refractivity (Wildman–Crippen MR) is 121 cm³/mol. The first kappa shape index (κ1) is 22.5. The smallest absolute Gasteiger partial charge is 0.344 e. The number of aliphatic hydroxyl groups is 1. The van der Waals surface area contributed by atoms with Gasteiger partial charge in [0.15, 0.2) is 6.10 Å². The highest BCUT2D eigenvalue weighted by molar-refractivity contribution is 5.86. The highest BCUT2D eigenvalue weighted by atomic mass is 16.6. The fraction of sp³-hybridized carbons (Fsp3) is 0.680. The van der Waals surface area contributed by atoms with E-state index in [1.807, 2.05) is 24.1 Å². The summed E-state index contributed by atoms with van der Waals surface area (Å²) in [4.78, 5) is 30.4. The molecule has 1 spiro atoms. The lowest BCUT2D eigenvalue weighted by atomic mass is 9.46. The number of nitrogens with zero attached hydrogens (tertiary/aromatic N) is 2. The molecule has 0 radical (unpaired) electrons. The van der Waals surface area contributed by atoms with Gasteiger partial charge in [0.2, 0.25) is 5.60 Å². The van der Waals surface area contributed by atoms with Crippen molar-refractivity contribution in [3.8, 4) is 5.75 Å². The number of piperidine rings is 1. The van der Waals surface area contributed by atoms with Gasteiger partial charge in [0, 0.05) is 42.6 Å². The number of rotatable bonds is 4. The number of benzene rings is 1. The van der Waals surface area contributed by atoms with E-state index in [2.05, 4.69) is 17.9 Å². The van der Waals surface area contributed by atoms with Crippen molar-refractivity contribution in [2.24, 2.45) is 5.41 Å². The molecule has 1 aliphatic carbocycles. The zero-order valence-electron chi connectivity index (χ0n) is 20.1. The van der Waals surface area contributed by atoms with Gasteiger partial charge in [0.05, 0.1) is 20.3 Å². The van der Waals surface area contributed by atoms with E-state index in [0.29, 0.717) is 12.2 Å². The molecule has 8 heteroatoms. The van der Waals surface area contributed by atoms with Gasteiger partial charge in [-0.25, -0.2) is 4.79 Å². The molecule has 3 heterocycles. The number of fused-ring (bicyclic) bond motifs is 1. The minimum Gasteiger partial charge on any atom is -0.497 e. The van der Waals surface area contributed by atoms with Crippen LogP contribution in [0.15, 0.2) is 18.2 Å². The van der Waals surface area contributed by atoms with Crippen molar-refractivity contribution in [1.82, 2.24) is 4.90 Å². The van der Waals surface area contributed by atoms with Crippen LogP contribution in [0, 0.1) is 5.41 Å². The van der Waals surface area contributed by atoms with E-state index in [4.69, 9.17) is 14.2 Å². The second-order valence-corrected chi connectivity index (χ2v) is 10.1. The zero-order valence-corrected chi connectivity index (χ0v) is 20.1. The van der Waals surface area contributed by atoms with Crippen LogP contribution in [0.2, 0.25) is 0 Å². The molecular formula is C25H34N2O6. The van der Waals surface area contributed by atoms with Crippen molar-refractivity contribution in [2.75, 3.05) is 39.3 Å². The Morgan fingerprint density at radius 2 is 1.94 bits per heavy atom. The van der Waals surface area contributed by atoms with Gasteiger partial charge >= 0.3 is 11.9 Å². The minimum atomic E-state index is -2.03. The number of esters is 2. The summed E-state index contributed by atoms with van der Waals surface area (Å²) >= 11 is 0. The number of ether oxygens (including phenoxy) is 3. The van der Waals surface area contributed by atoms with E-state index in [1.54, 1.807) is 7.11 Å². The van der Waals surface area contributed by atoms with Gasteiger partial charge in [-0.3, -0.25) is 9.69 Å². The van der Waals surface area contributed by atoms with E-state index in [1.165, 1.54) is 14.0 Å². The first-order chi connectivity index (χ1) is 15.7. The average molecular weight is 459 g/mol. The molecule has 1 saturated carbocycles. The minimum absolute atomic E-state index is 0.0279. The maximum Gasteiger partial charge on any atom is 0.344 e. The van der Waals surface area contributed by atoms with Gasteiger partial charge in [-0.05, 0) is 50.4 Å². The van der Waals surface area contributed by atoms with Crippen LogP contribution in [-0.2, 0) is 24.5 Å². The summed E-state index contributed by atoms with van der Waals surface area (Å²) in [6.45, 7) is 5.25. The summed E-state index contributed by atoms with van der Waals surface area (Å²) in [5.41, 5.74) is -1.06. The van der Waals surface area contributed by atoms with Crippen LogP contribution in [0.4, 0.5) is 5.69 Å². The number of hydrogen-bond donors (Lipinski definition) is 1. The molecule has 0 amide bonds. The van der Waals surface area contributed by atoms with E-state index >= 15 is 0 Å². The van der Waals surface area contributed by atoms with Gasteiger partial charge in [-0.2, -0.15) is 0 Å². The average Bonchev–Trinajstić information content (AvgIpc) is 3.32. The third-order valence-corrected chi connectivity index (χ3v) is 9.05. The molecule has 1 N–H and O–H groups in total. The number of likely N-dealkylation sites (N-methyl/N-ethyl adjacent to an activating group) is 1. The van der Waals surface area contributed by atoms with Crippen molar-refractivity contribution < 1.29 is 28.9 Å². The van der Waals surface area contributed by atoms with Crippen LogP contribution in [0.5, 0.6) is 5.75 Å². The van der Waals surface area contributed by atoms with Crippen molar-refractivity contribution in [3.63, 3.8) is 0 Å². The molecule has 33 heavy (non-hydrogen) atoms. The summed E-state index contributed by atoms with van der Waals surface area (Å²) in [5, 5.41) is 12.5. The fourth-order valence-corrected chi connectivity index (χ4v) is 8.16. The van der Waals surface area contributed by atoms with Gasteiger partial charge < -0.3 is 24.2 Å². The van der Waals surface area contributed by atoms with Gasteiger partial charge in [0.1, 0.15) is 5.75 Å². The second kappa shape index (κ2) is 7.34. The molecule has 8 nitrogen and oxygen atoms in total. The van der Waals surface area contributed by atoms with E-state index in [9.17, 15) is 14.7 Å². The van der Waals surface area contributed by atoms with Crippen molar-refractivity contribution in [1.29, 1.82) is 0 Å². The van der Waals surface area contributed by atoms with Gasteiger partial charge in [0.25, 0.3) is 0 Å². The Morgan fingerprint density at radius 1 is 1.18 bits per heavy atom. The van der Waals surface area contributed by atoms with Crippen LogP contribution in [0.1, 0.15) is 45.1 Å². The molecule has 0 unspecified atom stereocenters. The number of carbonyl (C=O) groups is 2. The summed E-state index contributed by atoms with van der Waals surface area (Å²) < 4.78 is 16.7. The number of anilines is 1. The molecule has 2 saturated heterocycles. The zero-order chi connectivity index (χ0) is 23.8. The largest absolute Gasteiger partial charge is 0.497 e. The number of hydrogen-bond acceptors (Lipinski definition) is 8. The molecule has 0 bridgehead atoms. The van der Waals surface area contributed by atoms with E-state index in [-0.39, 0.29) is 6.04 Å². The van der Waals surface area contributed by atoms with Crippen LogP contribution in [-0.4, -0.2) is 80.1 Å². The van der Waals surface area contributed by atoms with Crippen molar-refractivity contribution in [3.05, 3.63) is 23.8 Å².